The molecule has 0 bridgehead atoms. The van der Waals surface area contributed by atoms with Crippen LogP contribution in [0, 0.1) is 0 Å². The average molecular weight is 392 g/mol. The van der Waals surface area contributed by atoms with Crippen LogP contribution < -0.4 is 20.1 Å². The number of carbonyl (C=O) groups excluding carboxylic acids is 2. The third-order valence-corrected chi connectivity index (χ3v) is 3.62. The molecule has 7 nitrogen and oxygen atoms in total. The van der Waals surface area contributed by atoms with Gasteiger partial charge in [0.05, 0.1) is 20.8 Å². The molecule has 0 heterocycles. The Morgan fingerprint density at radius 2 is 1.74 bits per heavy atom. The number of rotatable bonds is 9. The summed E-state index contributed by atoms with van der Waals surface area (Å²) in [4.78, 5) is 23.3. The number of halogens is 3. The SMILES string of the molecule is CCOC(=O)C(NCCc1ccc(OC)c(OC)c1)(NC(C)=O)C(F)(F)F. The van der Waals surface area contributed by atoms with E-state index in [1.54, 1.807) is 23.5 Å². The zero-order valence-electron chi connectivity index (χ0n) is 15.5. The highest BCUT2D eigenvalue weighted by Crippen LogP contribution is 2.30. The molecule has 0 spiro atoms. The van der Waals surface area contributed by atoms with Crippen LogP contribution in [-0.4, -0.2) is 51.1 Å². The van der Waals surface area contributed by atoms with Gasteiger partial charge in [-0.1, -0.05) is 6.07 Å². The molecule has 1 aromatic rings. The minimum Gasteiger partial charge on any atom is -0.493 e. The van der Waals surface area contributed by atoms with E-state index in [0.29, 0.717) is 17.1 Å². The van der Waals surface area contributed by atoms with Crippen LogP contribution in [0.25, 0.3) is 0 Å². The van der Waals surface area contributed by atoms with Gasteiger partial charge in [0, 0.05) is 13.5 Å². The number of hydrogen-bond donors (Lipinski definition) is 2. The predicted octanol–water partition coefficient (Wildman–Crippen LogP) is 1.79. The van der Waals surface area contributed by atoms with E-state index in [0.717, 1.165) is 6.92 Å². The molecule has 1 amide bonds. The highest BCUT2D eigenvalue weighted by molar-refractivity contribution is 5.87. The molecule has 0 aliphatic carbocycles. The third kappa shape index (κ3) is 5.49. The molecule has 1 rings (SSSR count). The van der Waals surface area contributed by atoms with Gasteiger partial charge in [0.25, 0.3) is 5.66 Å². The molecule has 1 atom stereocenters. The van der Waals surface area contributed by atoms with Crippen molar-refractivity contribution >= 4 is 11.9 Å². The highest BCUT2D eigenvalue weighted by atomic mass is 19.4. The highest BCUT2D eigenvalue weighted by Gasteiger charge is 2.62. The quantitative estimate of drug-likeness (QED) is 0.492. The maximum atomic E-state index is 13.6. The van der Waals surface area contributed by atoms with Gasteiger partial charge in [0.2, 0.25) is 5.91 Å². The summed E-state index contributed by atoms with van der Waals surface area (Å²) >= 11 is 0. The summed E-state index contributed by atoms with van der Waals surface area (Å²) in [6.07, 6.45) is -4.99. The van der Waals surface area contributed by atoms with Crippen molar-refractivity contribution in [1.82, 2.24) is 10.6 Å². The molecule has 27 heavy (non-hydrogen) atoms. The molecule has 1 aromatic carbocycles. The second-order valence-corrected chi connectivity index (χ2v) is 5.52. The second-order valence-electron chi connectivity index (χ2n) is 5.52. The minimum absolute atomic E-state index is 0.122. The van der Waals surface area contributed by atoms with Gasteiger partial charge < -0.3 is 19.5 Å². The molecule has 0 saturated heterocycles. The van der Waals surface area contributed by atoms with Gasteiger partial charge in [-0.15, -0.1) is 0 Å². The van der Waals surface area contributed by atoms with Gasteiger partial charge in [0.15, 0.2) is 11.5 Å². The van der Waals surface area contributed by atoms with Crippen LogP contribution in [-0.2, 0) is 20.7 Å². The first-order valence-corrected chi connectivity index (χ1v) is 8.09. The zero-order chi connectivity index (χ0) is 20.7. The van der Waals surface area contributed by atoms with Gasteiger partial charge in [-0.2, -0.15) is 13.2 Å². The Morgan fingerprint density at radius 1 is 1.11 bits per heavy atom. The summed E-state index contributed by atoms with van der Waals surface area (Å²) in [5, 5.41) is 3.75. The Balaban J connectivity index is 3.03. The van der Waals surface area contributed by atoms with E-state index in [-0.39, 0.29) is 19.6 Å². The van der Waals surface area contributed by atoms with Gasteiger partial charge in [-0.3, -0.25) is 10.1 Å². The molecule has 2 N–H and O–H groups in total. The molecular formula is C17H23F3N2O5. The number of carbonyl (C=O) groups is 2. The predicted molar refractivity (Wildman–Crippen MR) is 90.5 cm³/mol. The van der Waals surface area contributed by atoms with Gasteiger partial charge in [0.1, 0.15) is 0 Å². The van der Waals surface area contributed by atoms with Crippen LogP contribution in [0.1, 0.15) is 19.4 Å². The number of hydrogen-bond acceptors (Lipinski definition) is 6. The molecule has 152 valence electrons. The molecule has 10 heteroatoms. The maximum absolute atomic E-state index is 13.6. The molecule has 0 radical (unpaired) electrons. The van der Waals surface area contributed by atoms with Crippen molar-refractivity contribution in [2.75, 3.05) is 27.4 Å². The van der Waals surface area contributed by atoms with Crippen molar-refractivity contribution in [1.29, 1.82) is 0 Å². The standard InChI is InChI=1S/C17H23F3N2O5/c1-5-27-15(24)16(17(18,19)20,22-11(2)23)21-9-8-12-6-7-13(25-3)14(10-12)26-4/h6-7,10,21H,5,8-9H2,1-4H3,(H,22,23). The van der Waals surface area contributed by atoms with E-state index in [4.69, 9.17) is 9.47 Å². The maximum Gasteiger partial charge on any atom is 0.436 e. The van der Waals surface area contributed by atoms with Gasteiger partial charge in [-0.25, -0.2) is 4.79 Å². The minimum atomic E-state index is -5.11. The lowest BCUT2D eigenvalue weighted by molar-refractivity contribution is -0.221. The van der Waals surface area contributed by atoms with Gasteiger partial charge in [-0.05, 0) is 31.0 Å². The van der Waals surface area contributed by atoms with Crippen LogP contribution in [0.2, 0.25) is 0 Å². The van der Waals surface area contributed by atoms with Crippen molar-refractivity contribution in [2.45, 2.75) is 32.1 Å². The molecule has 1 unspecified atom stereocenters. The lowest BCUT2D eigenvalue weighted by Gasteiger charge is -2.34. The summed E-state index contributed by atoms with van der Waals surface area (Å²) < 4.78 is 55.7. The molecule has 0 fully saturated rings. The normalized spacial score (nSPS) is 13.4. The average Bonchev–Trinajstić information content (AvgIpc) is 2.59. The van der Waals surface area contributed by atoms with Crippen LogP contribution in [0.4, 0.5) is 13.2 Å². The Labute approximate surface area is 155 Å². The van der Waals surface area contributed by atoms with Crippen molar-refractivity contribution in [3.05, 3.63) is 23.8 Å². The number of alkyl halides is 3. The molecule has 0 aromatic heterocycles. The Morgan fingerprint density at radius 3 is 2.22 bits per heavy atom. The number of ether oxygens (including phenoxy) is 3. The van der Waals surface area contributed by atoms with E-state index < -0.39 is 23.7 Å². The Kier molecular flexibility index (Phi) is 7.89. The zero-order valence-corrected chi connectivity index (χ0v) is 15.5. The van der Waals surface area contributed by atoms with E-state index in [1.807, 2.05) is 0 Å². The summed E-state index contributed by atoms with van der Waals surface area (Å²) in [6.45, 7) is 1.72. The van der Waals surface area contributed by atoms with Crippen molar-refractivity contribution in [2.24, 2.45) is 0 Å². The fourth-order valence-electron chi connectivity index (χ4n) is 2.39. The fraction of sp³-hybridized carbons (Fsp3) is 0.529. The summed E-state index contributed by atoms with van der Waals surface area (Å²) in [7, 11) is 2.90. The van der Waals surface area contributed by atoms with E-state index in [2.05, 4.69) is 10.1 Å². The summed E-state index contributed by atoms with van der Waals surface area (Å²) in [5.74, 6) is -1.76. The first kappa shape index (κ1) is 22.6. The monoisotopic (exact) mass is 392 g/mol. The van der Waals surface area contributed by atoms with Crippen LogP contribution >= 0.6 is 0 Å². The number of esters is 1. The van der Waals surface area contributed by atoms with Crippen LogP contribution in [0.15, 0.2) is 18.2 Å². The van der Waals surface area contributed by atoms with Gasteiger partial charge >= 0.3 is 12.1 Å². The number of benzene rings is 1. The second kappa shape index (κ2) is 9.45. The smallest absolute Gasteiger partial charge is 0.436 e. The van der Waals surface area contributed by atoms with Crippen molar-refractivity contribution in [3.8, 4) is 11.5 Å². The van der Waals surface area contributed by atoms with Crippen LogP contribution in [0.3, 0.4) is 0 Å². The van der Waals surface area contributed by atoms with Crippen molar-refractivity contribution in [3.63, 3.8) is 0 Å². The Bertz CT molecular complexity index is 666. The molecule has 0 saturated carbocycles. The summed E-state index contributed by atoms with van der Waals surface area (Å²) in [5.41, 5.74) is -2.69. The summed E-state index contributed by atoms with van der Waals surface area (Å²) in [6, 6.07) is 4.88. The van der Waals surface area contributed by atoms with Crippen LogP contribution in [0.5, 0.6) is 11.5 Å². The van der Waals surface area contributed by atoms with E-state index in [1.165, 1.54) is 21.1 Å². The molecule has 0 aliphatic heterocycles. The number of methoxy groups -OCH3 is 2. The third-order valence-electron chi connectivity index (χ3n) is 3.62. The van der Waals surface area contributed by atoms with E-state index in [9.17, 15) is 22.8 Å². The largest absolute Gasteiger partial charge is 0.493 e. The molecular weight excluding hydrogens is 369 g/mol. The number of nitrogens with one attached hydrogen (secondary N) is 2. The number of amides is 1. The topological polar surface area (TPSA) is 85.9 Å². The lowest BCUT2D eigenvalue weighted by Crippen LogP contribution is -2.72. The van der Waals surface area contributed by atoms with E-state index >= 15 is 0 Å². The fourth-order valence-corrected chi connectivity index (χ4v) is 2.39. The van der Waals surface area contributed by atoms with Crippen molar-refractivity contribution < 1.29 is 37.0 Å². The molecule has 0 aliphatic rings. The lowest BCUT2D eigenvalue weighted by atomic mass is 10.1. The first-order chi connectivity index (χ1) is 12.6. The Hall–Kier alpha value is -2.49. The first-order valence-electron chi connectivity index (χ1n) is 8.09.